The van der Waals surface area contributed by atoms with Crippen molar-refractivity contribution in [2.24, 2.45) is 0 Å². The lowest BCUT2D eigenvalue weighted by atomic mass is 9.87. The minimum Gasteiger partial charge on any atom is -0.497 e. The third-order valence-corrected chi connectivity index (χ3v) is 8.32. The van der Waals surface area contributed by atoms with Crippen LogP contribution >= 0.6 is 0 Å². The number of nitrogens with one attached hydrogen (secondary N) is 1. The molecule has 1 N–H and O–H groups in total. The van der Waals surface area contributed by atoms with Crippen LogP contribution in [-0.4, -0.2) is 67.9 Å². The van der Waals surface area contributed by atoms with E-state index in [1.807, 2.05) is 36.4 Å². The molecule has 1 unspecified atom stereocenters. The number of para-hydroxylation sites is 1. The van der Waals surface area contributed by atoms with Crippen molar-refractivity contribution in [3.63, 3.8) is 0 Å². The lowest BCUT2D eigenvalue weighted by Gasteiger charge is -2.36. The van der Waals surface area contributed by atoms with Gasteiger partial charge in [-0.15, -0.1) is 10.2 Å². The summed E-state index contributed by atoms with van der Waals surface area (Å²) in [6.07, 6.45) is 1.49. The van der Waals surface area contributed by atoms with Crippen molar-refractivity contribution < 1.29 is 27.7 Å². The number of fused-ring (bicyclic) bond motifs is 4. The number of alkyl halides is 2. The molecule has 0 aliphatic heterocycles. The summed E-state index contributed by atoms with van der Waals surface area (Å²) in [6.45, 7) is 0.590. The van der Waals surface area contributed by atoms with Gasteiger partial charge in [0.15, 0.2) is 11.5 Å². The second-order valence-corrected chi connectivity index (χ2v) is 11.1. The number of methoxy groups -OCH3 is 3. The van der Waals surface area contributed by atoms with Crippen LogP contribution < -0.4 is 19.5 Å². The quantitative estimate of drug-likeness (QED) is 0.242. The van der Waals surface area contributed by atoms with Crippen LogP contribution in [0.1, 0.15) is 48.1 Å². The molecule has 12 nitrogen and oxygen atoms in total. The van der Waals surface area contributed by atoms with E-state index in [1.165, 1.54) is 0 Å². The average Bonchev–Trinajstić information content (AvgIpc) is 3.65. The summed E-state index contributed by atoms with van der Waals surface area (Å²) >= 11 is 0. The molecule has 7 rings (SSSR count). The fraction of sp³-hybridized carbons (Fsp3) is 0.433. The number of hydrogen-bond acceptors (Lipinski definition) is 10. The van der Waals surface area contributed by atoms with Gasteiger partial charge in [-0.3, -0.25) is 0 Å². The highest BCUT2D eigenvalue weighted by Crippen LogP contribution is 2.46. The Kier molecular flexibility index (Phi) is 7.15. The van der Waals surface area contributed by atoms with Crippen LogP contribution in [0.3, 0.4) is 0 Å². The van der Waals surface area contributed by atoms with E-state index in [4.69, 9.17) is 34.0 Å². The first-order valence-corrected chi connectivity index (χ1v) is 14.5. The average molecular weight is 607 g/mol. The minimum absolute atomic E-state index is 0.114. The standard InChI is InChI=1S/C30H32F2N8O4/c1-41-19-8-7-17(25(12-19)43-3)15-33-29-35-27-21(5-4-6-24(27)42-2)28-34-26(37-40(28)29)16-44-20-9-10-23-22(11-20)36-38-39(23)18-13-30(31,32)14-18/h4-8,12,18,20H,9-11,13-16H2,1-3H3,(H,33,35). The molecule has 5 aromatic rings. The van der Waals surface area contributed by atoms with E-state index in [2.05, 4.69) is 15.6 Å². The number of nitrogens with zero attached hydrogens (tertiary/aromatic N) is 7. The van der Waals surface area contributed by atoms with Crippen molar-refractivity contribution in [1.29, 1.82) is 0 Å². The largest absolute Gasteiger partial charge is 0.497 e. The molecule has 2 aliphatic carbocycles. The lowest BCUT2D eigenvalue weighted by molar-refractivity contribution is -0.108. The van der Waals surface area contributed by atoms with Crippen molar-refractivity contribution in [2.75, 3.05) is 26.6 Å². The number of halogens is 2. The van der Waals surface area contributed by atoms with Gasteiger partial charge in [0.05, 0.1) is 44.9 Å². The van der Waals surface area contributed by atoms with Gasteiger partial charge in [-0.05, 0) is 37.1 Å². The highest BCUT2D eigenvalue weighted by atomic mass is 19.3. The smallest absolute Gasteiger partial charge is 0.252 e. The third kappa shape index (κ3) is 5.12. The Morgan fingerprint density at radius 2 is 1.86 bits per heavy atom. The summed E-state index contributed by atoms with van der Waals surface area (Å²) in [7, 11) is 4.83. The molecule has 1 saturated carbocycles. The Morgan fingerprint density at radius 3 is 2.64 bits per heavy atom. The van der Waals surface area contributed by atoms with Gasteiger partial charge in [-0.25, -0.2) is 23.4 Å². The second-order valence-electron chi connectivity index (χ2n) is 11.1. The van der Waals surface area contributed by atoms with E-state index >= 15 is 0 Å². The molecule has 0 saturated heterocycles. The molecule has 3 heterocycles. The molecule has 0 amide bonds. The summed E-state index contributed by atoms with van der Waals surface area (Å²) in [5, 5.41) is 17.4. The van der Waals surface area contributed by atoms with Crippen LogP contribution in [-0.2, 0) is 30.7 Å². The fourth-order valence-corrected chi connectivity index (χ4v) is 5.97. The normalized spacial score (nSPS) is 17.8. The monoisotopic (exact) mass is 606 g/mol. The molecule has 1 fully saturated rings. The molecule has 1 atom stereocenters. The van der Waals surface area contributed by atoms with Crippen LogP contribution in [0.25, 0.3) is 16.6 Å². The van der Waals surface area contributed by atoms with Crippen molar-refractivity contribution in [3.05, 3.63) is 59.2 Å². The molecule has 44 heavy (non-hydrogen) atoms. The number of ether oxygens (including phenoxy) is 4. The number of benzene rings is 2. The fourth-order valence-electron chi connectivity index (χ4n) is 5.97. The topological polar surface area (TPSA) is 123 Å². The highest BCUT2D eigenvalue weighted by molar-refractivity contribution is 5.95. The predicted molar refractivity (Wildman–Crippen MR) is 156 cm³/mol. The first-order valence-electron chi connectivity index (χ1n) is 14.5. The van der Waals surface area contributed by atoms with Crippen LogP contribution in [0.2, 0.25) is 0 Å². The Labute approximate surface area is 251 Å². The van der Waals surface area contributed by atoms with E-state index in [-0.39, 0.29) is 31.6 Å². The maximum Gasteiger partial charge on any atom is 0.252 e. The van der Waals surface area contributed by atoms with E-state index < -0.39 is 5.92 Å². The highest BCUT2D eigenvalue weighted by Gasteiger charge is 2.48. The Hall–Kier alpha value is -4.59. The summed E-state index contributed by atoms with van der Waals surface area (Å²) in [4.78, 5) is 9.68. The zero-order chi connectivity index (χ0) is 30.4. The second kappa shape index (κ2) is 11.2. The maximum atomic E-state index is 13.4. The van der Waals surface area contributed by atoms with Gasteiger partial charge < -0.3 is 24.3 Å². The van der Waals surface area contributed by atoms with E-state index in [9.17, 15) is 8.78 Å². The Balaban J connectivity index is 1.12. The summed E-state index contributed by atoms with van der Waals surface area (Å²) < 4.78 is 52.9. The third-order valence-electron chi connectivity index (χ3n) is 8.32. The number of rotatable bonds is 10. The molecule has 0 bridgehead atoms. The molecule has 0 spiro atoms. The van der Waals surface area contributed by atoms with Crippen molar-refractivity contribution in [2.45, 2.75) is 63.3 Å². The van der Waals surface area contributed by atoms with Gasteiger partial charge in [0.1, 0.15) is 29.4 Å². The van der Waals surface area contributed by atoms with Gasteiger partial charge in [-0.1, -0.05) is 11.3 Å². The van der Waals surface area contributed by atoms with Gasteiger partial charge in [0.25, 0.3) is 5.92 Å². The minimum atomic E-state index is -2.60. The van der Waals surface area contributed by atoms with Crippen molar-refractivity contribution >= 4 is 22.5 Å². The van der Waals surface area contributed by atoms with Crippen molar-refractivity contribution in [1.82, 2.24) is 34.6 Å². The predicted octanol–water partition coefficient (Wildman–Crippen LogP) is 4.55. The number of aromatic nitrogens is 7. The van der Waals surface area contributed by atoms with Crippen molar-refractivity contribution in [3.8, 4) is 17.2 Å². The molecule has 2 aromatic carbocycles. The van der Waals surface area contributed by atoms with Crippen LogP contribution in [0.4, 0.5) is 14.7 Å². The maximum absolute atomic E-state index is 13.4. The molecule has 14 heteroatoms. The molecule has 230 valence electrons. The van der Waals surface area contributed by atoms with E-state index in [0.717, 1.165) is 28.8 Å². The number of hydrogen-bond donors (Lipinski definition) is 1. The van der Waals surface area contributed by atoms with E-state index in [1.54, 1.807) is 30.5 Å². The van der Waals surface area contributed by atoms with Crippen LogP contribution in [0.15, 0.2) is 36.4 Å². The lowest BCUT2D eigenvalue weighted by Crippen LogP contribution is -2.38. The zero-order valence-electron chi connectivity index (χ0n) is 24.6. The van der Waals surface area contributed by atoms with Gasteiger partial charge in [0.2, 0.25) is 5.95 Å². The zero-order valence-corrected chi connectivity index (χ0v) is 24.6. The van der Waals surface area contributed by atoms with Crippen LogP contribution in [0.5, 0.6) is 17.2 Å². The van der Waals surface area contributed by atoms with E-state index in [0.29, 0.717) is 59.6 Å². The summed E-state index contributed by atoms with van der Waals surface area (Å²) in [5.41, 5.74) is 3.92. The SMILES string of the molecule is COc1ccc(CNc2nc3c(OC)cccc3c3nc(COC4CCc5c(nnn5C5CC(F)(F)C5)C4)nn23)c(OC)c1. The Morgan fingerprint density at radius 1 is 1.02 bits per heavy atom. The van der Waals surface area contributed by atoms with Crippen LogP contribution in [0, 0.1) is 0 Å². The first-order chi connectivity index (χ1) is 21.4. The van der Waals surface area contributed by atoms with Gasteiger partial charge in [0, 0.05) is 42.8 Å². The van der Waals surface area contributed by atoms with Gasteiger partial charge >= 0.3 is 0 Å². The summed E-state index contributed by atoms with van der Waals surface area (Å²) in [5.74, 6) is 0.374. The molecular formula is C30H32F2N8O4. The number of anilines is 1. The molecular weight excluding hydrogens is 574 g/mol. The Bertz CT molecular complexity index is 1830. The molecule has 0 radical (unpaired) electrons. The van der Waals surface area contributed by atoms with Gasteiger partial charge in [-0.2, -0.15) is 4.52 Å². The first kappa shape index (κ1) is 28.2. The molecule has 2 aliphatic rings. The molecule has 3 aromatic heterocycles. The summed E-state index contributed by atoms with van der Waals surface area (Å²) in [6, 6.07) is 11.0.